The van der Waals surface area contributed by atoms with Crippen molar-refractivity contribution in [1.29, 1.82) is 0 Å². The van der Waals surface area contributed by atoms with Crippen LogP contribution in [0.2, 0.25) is 0 Å². The first-order chi connectivity index (χ1) is 18.2. The van der Waals surface area contributed by atoms with Crippen molar-refractivity contribution in [3.05, 3.63) is 99.5 Å². The minimum absolute atomic E-state index is 0.00350. The highest BCUT2D eigenvalue weighted by atomic mass is 79.9. The number of hydrogen-bond acceptors (Lipinski definition) is 3. The van der Waals surface area contributed by atoms with Crippen LogP contribution >= 0.6 is 15.9 Å². The average Bonchev–Trinajstić information content (AvgIpc) is 2.91. The molecule has 2 amide bonds. The van der Waals surface area contributed by atoms with Gasteiger partial charge in [0.05, 0.1) is 4.47 Å². The van der Waals surface area contributed by atoms with Gasteiger partial charge in [-0.05, 0) is 70.9 Å². The number of carbonyl (C=O) groups is 2. The molecule has 0 aliphatic rings. The quantitative estimate of drug-likeness (QED) is 0.256. The second-order valence-electron chi connectivity index (χ2n) is 10.2. The highest BCUT2D eigenvalue weighted by molar-refractivity contribution is 9.10. The van der Waals surface area contributed by atoms with E-state index in [0.29, 0.717) is 24.6 Å². The summed E-state index contributed by atoms with van der Waals surface area (Å²) in [5.41, 5.74) is 4.27. The molecule has 0 saturated carbocycles. The Hall–Kier alpha value is -3.12. The second kappa shape index (κ2) is 14.1. The van der Waals surface area contributed by atoms with Crippen molar-refractivity contribution in [1.82, 2.24) is 10.2 Å². The zero-order valence-corrected chi connectivity index (χ0v) is 24.6. The molecule has 202 valence electrons. The van der Waals surface area contributed by atoms with Gasteiger partial charge >= 0.3 is 0 Å². The molecule has 0 aliphatic heterocycles. The van der Waals surface area contributed by atoms with Crippen LogP contribution in [-0.4, -0.2) is 35.4 Å². The van der Waals surface area contributed by atoms with E-state index in [2.05, 4.69) is 35.1 Å². The molecule has 3 aromatic rings. The number of nitrogens with one attached hydrogen (secondary N) is 1. The molecule has 0 radical (unpaired) electrons. The Morgan fingerprint density at radius 2 is 1.63 bits per heavy atom. The van der Waals surface area contributed by atoms with Crippen molar-refractivity contribution in [3.8, 4) is 5.75 Å². The van der Waals surface area contributed by atoms with Crippen molar-refractivity contribution in [3.63, 3.8) is 0 Å². The van der Waals surface area contributed by atoms with Gasteiger partial charge < -0.3 is 15.0 Å². The molecule has 0 unspecified atom stereocenters. The Labute approximate surface area is 235 Å². The largest absolute Gasteiger partial charge is 0.483 e. The van der Waals surface area contributed by atoms with Gasteiger partial charge in [0.1, 0.15) is 11.8 Å². The first-order valence-electron chi connectivity index (χ1n) is 13.3. The Bertz CT molecular complexity index is 1200. The molecule has 0 aliphatic carbocycles. The van der Waals surface area contributed by atoms with Crippen molar-refractivity contribution in [2.75, 3.05) is 6.61 Å². The maximum absolute atomic E-state index is 13.8. The molecule has 0 saturated heterocycles. The molecule has 0 aromatic heterocycles. The van der Waals surface area contributed by atoms with E-state index < -0.39 is 6.04 Å². The molecule has 2 atom stereocenters. The van der Waals surface area contributed by atoms with Crippen molar-refractivity contribution in [2.45, 2.75) is 72.0 Å². The van der Waals surface area contributed by atoms with Crippen molar-refractivity contribution in [2.24, 2.45) is 0 Å². The maximum atomic E-state index is 13.8. The molecule has 3 aromatic carbocycles. The van der Waals surface area contributed by atoms with Gasteiger partial charge in [-0.3, -0.25) is 9.59 Å². The van der Waals surface area contributed by atoms with Crippen LogP contribution < -0.4 is 10.1 Å². The van der Waals surface area contributed by atoms with Gasteiger partial charge in [-0.25, -0.2) is 0 Å². The van der Waals surface area contributed by atoms with Gasteiger partial charge in [0.15, 0.2) is 6.61 Å². The van der Waals surface area contributed by atoms with E-state index in [-0.39, 0.29) is 24.5 Å². The van der Waals surface area contributed by atoms with Crippen LogP contribution in [0.1, 0.15) is 62.3 Å². The molecule has 0 fully saturated rings. The lowest BCUT2D eigenvalue weighted by atomic mass is 10.0. The summed E-state index contributed by atoms with van der Waals surface area (Å²) >= 11 is 3.58. The number of amides is 2. The van der Waals surface area contributed by atoms with Crippen LogP contribution in [0.25, 0.3) is 0 Å². The minimum atomic E-state index is -0.685. The Morgan fingerprint density at radius 3 is 2.24 bits per heavy atom. The Balaban J connectivity index is 1.91. The number of ether oxygens (including phenoxy) is 1. The summed E-state index contributed by atoms with van der Waals surface area (Å²) in [4.78, 5) is 29.0. The summed E-state index contributed by atoms with van der Waals surface area (Å²) in [5, 5.41) is 3.10. The van der Waals surface area contributed by atoms with Gasteiger partial charge in [-0.15, -0.1) is 0 Å². The summed E-state index contributed by atoms with van der Waals surface area (Å²) in [6.07, 6.45) is 1.21. The summed E-state index contributed by atoms with van der Waals surface area (Å²) in [6, 6.07) is 23.1. The van der Waals surface area contributed by atoms with Crippen LogP contribution in [-0.2, 0) is 22.6 Å². The monoisotopic (exact) mass is 578 g/mol. The fraction of sp³-hybridized carbons (Fsp3) is 0.375. The summed E-state index contributed by atoms with van der Waals surface area (Å²) in [7, 11) is 0. The molecule has 3 rings (SSSR count). The normalized spacial score (nSPS) is 12.6. The fourth-order valence-electron chi connectivity index (χ4n) is 4.10. The number of aryl methyl sites for hydroxylation is 1. The van der Waals surface area contributed by atoms with Gasteiger partial charge in [0, 0.05) is 19.0 Å². The predicted molar refractivity (Wildman–Crippen MR) is 157 cm³/mol. The molecular weight excluding hydrogens is 540 g/mol. The Kier molecular flexibility index (Phi) is 11.0. The smallest absolute Gasteiger partial charge is 0.261 e. The third kappa shape index (κ3) is 8.45. The molecule has 6 heteroatoms. The number of hydrogen-bond donors (Lipinski definition) is 1. The SMILES string of the molecule is CC[C@@H](C)NC(=O)[C@H](Cc1ccccc1)N(Cc1ccc(C)cc1)C(=O)COc1ccc(C(C)C)cc1Br. The standard InChI is InChI=1S/C32H39BrN2O3/c1-6-24(5)34-32(37)29(18-25-10-8-7-9-11-25)35(20-26-14-12-23(4)13-15-26)31(36)21-38-30-17-16-27(22(2)3)19-28(30)33/h7-17,19,22,24,29H,6,18,20-21H2,1-5H3,(H,34,37)/t24-,29+/m1/s1. The molecule has 0 spiro atoms. The van der Waals surface area contributed by atoms with E-state index in [1.807, 2.05) is 93.6 Å². The number of rotatable bonds is 12. The molecular formula is C32H39BrN2O3. The van der Waals surface area contributed by atoms with Gasteiger partial charge in [0.25, 0.3) is 5.91 Å². The molecule has 38 heavy (non-hydrogen) atoms. The van der Waals surface area contributed by atoms with E-state index >= 15 is 0 Å². The lowest BCUT2D eigenvalue weighted by molar-refractivity contribution is -0.143. The van der Waals surface area contributed by atoms with Crippen molar-refractivity contribution >= 4 is 27.7 Å². The zero-order chi connectivity index (χ0) is 27.7. The highest BCUT2D eigenvalue weighted by Crippen LogP contribution is 2.29. The third-order valence-corrected chi connectivity index (χ3v) is 7.34. The van der Waals surface area contributed by atoms with E-state index in [1.165, 1.54) is 5.56 Å². The van der Waals surface area contributed by atoms with E-state index in [1.54, 1.807) is 4.90 Å². The number of carbonyl (C=O) groups excluding carboxylic acids is 2. The summed E-state index contributed by atoms with van der Waals surface area (Å²) < 4.78 is 6.79. The number of nitrogens with zero attached hydrogens (tertiary/aromatic N) is 1. The zero-order valence-electron chi connectivity index (χ0n) is 23.0. The molecule has 0 heterocycles. The van der Waals surface area contributed by atoms with E-state index in [4.69, 9.17) is 4.74 Å². The first-order valence-corrected chi connectivity index (χ1v) is 14.1. The lowest BCUT2D eigenvalue weighted by Gasteiger charge is -2.32. The summed E-state index contributed by atoms with van der Waals surface area (Å²) in [6.45, 7) is 10.4. The van der Waals surface area contributed by atoms with Gasteiger partial charge in [0.2, 0.25) is 5.91 Å². The van der Waals surface area contributed by atoms with Crippen LogP contribution in [0, 0.1) is 6.92 Å². The number of halogens is 1. The second-order valence-corrected chi connectivity index (χ2v) is 11.0. The van der Waals surface area contributed by atoms with Crippen LogP contribution in [0.4, 0.5) is 0 Å². The number of benzene rings is 3. The molecule has 0 bridgehead atoms. The van der Waals surface area contributed by atoms with Crippen LogP contribution in [0.5, 0.6) is 5.75 Å². The van der Waals surface area contributed by atoms with Crippen molar-refractivity contribution < 1.29 is 14.3 Å². The molecule has 5 nitrogen and oxygen atoms in total. The van der Waals surface area contributed by atoms with Crippen LogP contribution in [0.3, 0.4) is 0 Å². The summed E-state index contributed by atoms with van der Waals surface area (Å²) in [5.74, 6) is 0.577. The minimum Gasteiger partial charge on any atom is -0.483 e. The van der Waals surface area contributed by atoms with Gasteiger partial charge in [-0.1, -0.05) is 87.0 Å². The lowest BCUT2D eigenvalue weighted by Crippen LogP contribution is -2.53. The van der Waals surface area contributed by atoms with Crippen LogP contribution in [0.15, 0.2) is 77.3 Å². The predicted octanol–water partition coefficient (Wildman–Crippen LogP) is 6.81. The fourth-order valence-corrected chi connectivity index (χ4v) is 4.61. The van der Waals surface area contributed by atoms with E-state index in [9.17, 15) is 9.59 Å². The first kappa shape index (κ1) is 29.4. The average molecular weight is 580 g/mol. The third-order valence-electron chi connectivity index (χ3n) is 6.72. The topological polar surface area (TPSA) is 58.6 Å². The molecule has 1 N–H and O–H groups in total. The van der Waals surface area contributed by atoms with Gasteiger partial charge in [-0.2, -0.15) is 0 Å². The highest BCUT2D eigenvalue weighted by Gasteiger charge is 2.31. The Morgan fingerprint density at radius 1 is 0.947 bits per heavy atom. The van der Waals surface area contributed by atoms with E-state index in [0.717, 1.165) is 27.6 Å². The maximum Gasteiger partial charge on any atom is 0.261 e.